The van der Waals surface area contributed by atoms with Gasteiger partial charge in [0.05, 0.1) is 21.7 Å². The maximum Gasteiger partial charge on any atom is 0.147 e. The molecule has 24 heavy (non-hydrogen) atoms. The van der Waals surface area contributed by atoms with Crippen molar-refractivity contribution >= 4 is 51.9 Å². The van der Waals surface area contributed by atoms with Gasteiger partial charge in [-0.15, -0.1) is 0 Å². The maximum atomic E-state index is 12.8. The van der Waals surface area contributed by atoms with E-state index in [-0.39, 0.29) is 17.6 Å². The van der Waals surface area contributed by atoms with Crippen LogP contribution in [0.15, 0.2) is 58.5 Å². The highest BCUT2D eigenvalue weighted by Gasteiger charge is 2.23. The second-order valence-corrected chi connectivity index (χ2v) is 5.81. The van der Waals surface area contributed by atoms with Crippen LogP contribution in [0.1, 0.15) is 36.8 Å². The smallest absolute Gasteiger partial charge is 0.147 e. The summed E-state index contributed by atoms with van der Waals surface area (Å²) in [4.78, 5) is 20.8. The predicted molar refractivity (Wildman–Crippen MR) is 104 cm³/mol. The molecule has 120 valence electrons. The Hall–Kier alpha value is -2.29. The molecule has 0 aliphatic heterocycles. The number of carbonyl (C=O) groups is 1. The molecule has 0 saturated carbocycles. The Balaban J connectivity index is 2.26. The molecule has 2 unspecified atom stereocenters. The van der Waals surface area contributed by atoms with Gasteiger partial charge in [0.2, 0.25) is 0 Å². The molecule has 0 saturated heterocycles. The van der Waals surface area contributed by atoms with Crippen molar-refractivity contribution in [2.45, 2.75) is 25.7 Å². The lowest BCUT2D eigenvalue weighted by atomic mass is 9.85. The number of isothiocyanates is 2. The van der Waals surface area contributed by atoms with E-state index in [1.807, 2.05) is 62.4 Å². The van der Waals surface area contributed by atoms with Crippen molar-refractivity contribution in [3.8, 4) is 0 Å². The van der Waals surface area contributed by atoms with Crippen LogP contribution in [0.3, 0.4) is 0 Å². The second-order valence-electron chi connectivity index (χ2n) is 5.44. The number of aliphatic imine (C=N–C) groups is 2. The first-order valence-corrected chi connectivity index (χ1v) is 8.28. The summed E-state index contributed by atoms with van der Waals surface area (Å²) in [5.74, 6) is -0.377. The van der Waals surface area contributed by atoms with Crippen LogP contribution in [-0.4, -0.2) is 16.1 Å². The van der Waals surface area contributed by atoms with Crippen LogP contribution in [-0.2, 0) is 4.79 Å². The van der Waals surface area contributed by atoms with Crippen molar-refractivity contribution < 1.29 is 4.79 Å². The van der Waals surface area contributed by atoms with E-state index in [1.165, 1.54) is 0 Å². The molecule has 2 rings (SSSR count). The first kappa shape index (κ1) is 18.1. The SMILES string of the molecule is CC(C(=O)C(C)c1cccc(N=C=S)c1)c1cccc(N=C=S)c1. The van der Waals surface area contributed by atoms with Crippen molar-refractivity contribution in [3.63, 3.8) is 0 Å². The molecule has 0 bridgehead atoms. The topological polar surface area (TPSA) is 41.8 Å². The van der Waals surface area contributed by atoms with Crippen LogP contribution in [0.5, 0.6) is 0 Å². The quantitative estimate of drug-likeness (QED) is 0.499. The van der Waals surface area contributed by atoms with Crippen LogP contribution < -0.4 is 0 Å². The summed E-state index contributed by atoms with van der Waals surface area (Å²) in [6, 6.07) is 15.0. The molecule has 2 atom stereocenters. The zero-order valence-corrected chi connectivity index (χ0v) is 15.0. The molecule has 2 aromatic carbocycles. The number of thiocarbonyl (C=S) groups is 2. The van der Waals surface area contributed by atoms with Crippen molar-refractivity contribution in [1.29, 1.82) is 0 Å². The monoisotopic (exact) mass is 352 g/mol. The zero-order chi connectivity index (χ0) is 17.5. The number of rotatable bonds is 6. The molecule has 2 aromatic rings. The molecule has 0 aromatic heterocycles. The highest BCUT2D eigenvalue weighted by molar-refractivity contribution is 7.78. The van der Waals surface area contributed by atoms with E-state index in [9.17, 15) is 4.79 Å². The lowest BCUT2D eigenvalue weighted by Crippen LogP contribution is -2.16. The van der Waals surface area contributed by atoms with Gasteiger partial charge in [0.25, 0.3) is 0 Å². The minimum Gasteiger partial charge on any atom is -0.298 e. The molecule has 0 heterocycles. The summed E-state index contributed by atoms with van der Waals surface area (Å²) in [6.07, 6.45) is 0. The van der Waals surface area contributed by atoms with Crippen molar-refractivity contribution in [2.75, 3.05) is 0 Å². The molecule has 0 radical (unpaired) electrons. The van der Waals surface area contributed by atoms with Gasteiger partial charge in [-0.25, -0.2) is 0 Å². The van der Waals surface area contributed by atoms with Gasteiger partial charge < -0.3 is 0 Å². The van der Waals surface area contributed by atoms with Crippen LogP contribution >= 0.6 is 24.4 Å². The number of carbonyl (C=O) groups excluding carboxylic acids is 1. The summed E-state index contributed by atoms with van der Waals surface area (Å²) in [6.45, 7) is 3.80. The van der Waals surface area contributed by atoms with E-state index < -0.39 is 0 Å². The highest BCUT2D eigenvalue weighted by atomic mass is 32.1. The molecule has 5 heteroatoms. The average Bonchev–Trinajstić information content (AvgIpc) is 2.61. The summed E-state index contributed by atoms with van der Waals surface area (Å²) in [5.41, 5.74) is 3.22. The van der Waals surface area contributed by atoms with Crippen LogP contribution in [0.4, 0.5) is 11.4 Å². The van der Waals surface area contributed by atoms with Gasteiger partial charge in [-0.05, 0) is 59.8 Å². The van der Waals surface area contributed by atoms with Gasteiger partial charge in [-0.3, -0.25) is 4.79 Å². The number of nitrogens with zero attached hydrogens (tertiary/aromatic N) is 2. The third kappa shape index (κ3) is 4.38. The fourth-order valence-corrected chi connectivity index (χ4v) is 2.75. The Morgan fingerprint density at radius 2 is 1.29 bits per heavy atom. The first-order valence-electron chi connectivity index (χ1n) is 7.46. The summed E-state index contributed by atoms with van der Waals surface area (Å²) in [7, 11) is 0. The molecule has 0 spiro atoms. The van der Waals surface area contributed by atoms with E-state index in [0.29, 0.717) is 11.4 Å². The zero-order valence-electron chi connectivity index (χ0n) is 13.4. The normalized spacial score (nSPS) is 12.4. The largest absolute Gasteiger partial charge is 0.298 e. The van der Waals surface area contributed by atoms with E-state index >= 15 is 0 Å². The van der Waals surface area contributed by atoms with Crippen LogP contribution in [0.2, 0.25) is 0 Å². The number of Topliss-reactive ketones (excluding diaryl/α,β-unsaturated/α-hetero) is 1. The Bertz CT molecular complexity index is 780. The van der Waals surface area contributed by atoms with Crippen LogP contribution in [0, 0.1) is 0 Å². The Labute approximate surface area is 152 Å². The standard InChI is InChI=1S/C19H16N2OS2/c1-13(15-5-3-7-17(9-15)20-11-23)19(22)14(2)16-6-4-8-18(10-16)21-12-24/h3-10,13-14H,1-2H3. The first-order chi connectivity index (χ1) is 11.6. The Morgan fingerprint density at radius 1 is 0.875 bits per heavy atom. The van der Waals surface area contributed by atoms with E-state index in [0.717, 1.165) is 11.1 Å². The minimum absolute atomic E-state index is 0.127. The summed E-state index contributed by atoms with van der Waals surface area (Å²) >= 11 is 9.26. The molecule has 0 N–H and O–H groups in total. The van der Waals surface area contributed by atoms with E-state index in [4.69, 9.17) is 0 Å². The lowest BCUT2D eigenvalue weighted by Gasteiger charge is -2.17. The maximum absolute atomic E-state index is 12.8. The molecule has 0 amide bonds. The van der Waals surface area contributed by atoms with Gasteiger partial charge in [0, 0.05) is 11.8 Å². The number of ketones is 1. The van der Waals surface area contributed by atoms with E-state index in [1.54, 1.807) is 0 Å². The fourth-order valence-electron chi connectivity index (χ4n) is 2.54. The third-order valence-corrected chi connectivity index (χ3v) is 4.13. The molecule has 3 nitrogen and oxygen atoms in total. The van der Waals surface area contributed by atoms with Crippen molar-refractivity contribution in [3.05, 3.63) is 59.7 Å². The van der Waals surface area contributed by atoms with Gasteiger partial charge in [0.15, 0.2) is 0 Å². The van der Waals surface area contributed by atoms with Gasteiger partial charge in [-0.2, -0.15) is 9.98 Å². The van der Waals surface area contributed by atoms with E-state index in [2.05, 4.69) is 44.7 Å². The summed E-state index contributed by atoms with van der Waals surface area (Å²) in [5, 5.41) is 4.69. The third-order valence-electron chi connectivity index (χ3n) is 3.94. The van der Waals surface area contributed by atoms with Gasteiger partial charge >= 0.3 is 0 Å². The molecular formula is C19H16N2OS2. The van der Waals surface area contributed by atoms with Crippen molar-refractivity contribution in [2.24, 2.45) is 9.98 Å². The molecule has 0 aliphatic rings. The molecule has 0 aliphatic carbocycles. The lowest BCUT2D eigenvalue weighted by molar-refractivity contribution is -0.121. The second kappa shape index (κ2) is 8.53. The van der Waals surface area contributed by atoms with Crippen LogP contribution in [0.25, 0.3) is 0 Å². The molecule has 0 fully saturated rings. The number of hydrogen-bond acceptors (Lipinski definition) is 5. The average molecular weight is 352 g/mol. The Morgan fingerprint density at radius 3 is 1.67 bits per heavy atom. The Kier molecular flexibility index (Phi) is 6.42. The fraction of sp³-hybridized carbons (Fsp3) is 0.211. The van der Waals surface area contributed by atoms with Gasteiger partial charge in [-0.1, -0.05) is 38.1 Å². The summed E-state index contributed by atoms with van der Waals surface area (Å²) < 4.78 is 0. The van der Waals surface area contributed by atoms with Crippen molar-refractivity contribution in [1.82, 2.24) is 0 Å². The predicted octanol–water partition coefficient (Wildman–Crippen LogP) is 5.63. The highest BCUT2D eigenvalue weighted by Crippen LogP contribution is 2.29. The minimum atomic E-state index is -0.252. The molecular weight excluding hydrogens is 336 g/mol. The number of benzene rings is 2. The van der Waals surface area contributed by atoms with Gasteiger partial charge in [0.1, 0.15) is 5.78 Å². The number of hydrogen-bond donors (Lipinski definition) is 0.